The monoisotopic (exact) mass is 316 g/mol. The lowest BCUT2D eigenvalue weighted by Crippen LogP contribution is -2.30. The van der Waals surface area contributed by atoms with Crippen LogP contribution in [0.3, 0.4) is 0 Å². The van der Waals surface area contributed by atoms with Crippen molar-refractivity contribution in [2.24, 2.45) is 5.41 Å². The zero-order valence-electron chi connectivity index (χ0n) is 14.2. The molecule has 1 aliphatic heterocycles. The second kappa shape index (κ2) is 5.17. The third kappa shape index (κ3) is 2.20. The molecular formula is C21H20N2O. The minimum Gasteiger partial charge on any atom is -0.273 e. The van der Waals surface area contributed by atoms with Gasteiger partial charge in [0, 0.05) is 10.9 Å². The predicted molar refractivity (Wildman–Crippen MR) is 97.5 cm³/mol. The van der Waals surface area contributed by atoms with Crippen molar-refractivity contribution in [1.29, 1.82) is 0 Å². The maximum absolute atomic E-state index is 13.3. The maximum Gasteiger partial charge on any atom is 0.240 e. The van der Waals surface area contributed by atoms with E-state index in [1.54, 1.807) is 4.90 Å². The lowest BCUT2D eigenvalue weighted by Gasteiger charge is -2.26. The molecule has 0 bridgehead atoms. The van der Waals surface area contributed by atoms with Crippen molar-refractivity contribution < 1.29 is 4.79 Å². The smallest absolute Gasteiger partial charge is 0.240 e. The molecule has 2 aromatic carbocycles. The van der Waals surface area contributed by atoms with E-state index in [2.05, 4.69) is 32.9 Å². The summed E-state index contributed by atoms with van der Waals surface area (Å²) < 4.78 is 0. The molecule has 0 aliphatic carbocycles. The normalized spacial score (nSPS) is 17.4. The summed E-state index contributed by atoms with van der Waals surface area (Å²) in [7, 11) is 0. The van der Waals surface area contributed by atoms with Gasteiger partial charge in [0.15, 0.2) is 0 Å². The Labute approximate surface area is 141 Å². The van der Waals surface area contributed by atoms with Gasteiger partial charge in [0.05, 0.1) is 17.1 Å². The van der Waals surface area contributed by atoms with Crippen molar-refractivity contribution in [3.8, 4) is 0 Å². The summed E-state index contributed by atoms with van der Waals surface area (Å²) in [5.41, 5.74) is 2.65. The van der Waals surface area contributed by atoms with Crippen LogP contribution in [0.2, 0.25) is 0 Å². The van der Waals surface area contributed by atoms with E-state index in [0.717, 1.165) is 28.0 Å². The fraction of sp³-hybridized carbons (Fsp3) is 0.238. The Hall–Kier alpha value is -2.68. The van der Waals surface area contributed by atoms with Gasteiger partial charge in [-0.25, -0.2) is 4.98 Å². The van der Waals surface area contributed by atoms with Crippen molar-refractivity contribution in [2.75, 3.05) is 4.90 Å². The standard InChI is InChI=1S/C21H20N2O/c1-21(2,3)18-16-13-14-9-7-8-12-17(14)22-19(16)23(20(18)24)15-10-5-4-6-11-15/h4-13,18H,1-3H3. The number of hydrogen-bond acceptors (Lipinski definition) is 2. The molecule has 4 rings (SSSR count). The zero-order chi connectivity index (χ0) is 16.9. The molecule has 0 spiro atoms. The highest BCUT2D eigenvalue weighted by atomic mass is 16.2. The van der Waals surface area contributed by atoms with E-state index in [-0.39, 0.29) is 17.2 Å². The van der Waals surface area contributed by atoms with Crippen LogP contribution in [0.4, 0.5) is 11.5 Å². The van der Waals surface area contributed by atoms with E-state index in [4.69, 9.17) is 4.98 Å². The lowest BCUT2D eigenvalue weighted by molar-refractivity contribution is -0.120. The number of carbonyl (C=O) groups is 1. The van der Waals surface area contributed by atoms with Crippen molar-refractivity contribution >= 4 is 28.3 Å². The van der Waals surface area contributed by atoms with Crippen LogP contribution in [0.15, 0.2) is 60.7 Å². The highest BCUT2D eigenvalue weighted by Crippen LogP contribution is 2.49. The molecule has 1 atom stereocenters. The number of anilines is 2. The Morgan fingerprint density at radius 3 is 2.33 bits per heavy atom. The number of pyridine rings is 1. The maximum atomic E-state index is 13.3. The summed E-state index contributed by atoms with van der Waals surface area (Å²) in [4.78, 5) is 19.9. The Bertz CT molecular complexity index is 925. The Kier molecular flexibility index (Phi) is 3.20. The number of carbonyl (C=O) groups excluding carboxylic acids is 1. The molecule has 3 heteroatoms. The quantitative estimate of drug-likeness (QED) is 0.630. The molecule has 3 aromatic rings. The third-order valence-corrected chi connectivity index (χ3v) is 4.60. The van der Waals surface area contributed by atoms with Gasteiger partial charge in [-0.3, -0.25) is 9.69 Å². The molecule has 1 aromatic heterocycles. The van der Waals surface area contributed by atoms with E-state index in [1.807, 2.05) is 48.5 Å². The number of fused-ring (bicyclic) bond motifs is 2. The summed E-state index contributed by atoms with van der Waals surface area (Å²) in [5.74, 6) is 0.682. The largest absolute Gasteiger partial charge is 0.273 e. The summed E-state index contributed by atoms with van der Waals surface area (Å²) in [5, 5.41) is 1.08. The molecule has 1 aliphatic rings. The number of hydrogen-bond donors (Lipinski definition) is 0. The first kappa shape index (κ1) is 14.9. The number of para-hydroxylation sites is 2. The average Bonchev–Trinajstić information content (AvgIpc) is 2.84. The van der Waals surface area contributed by atoms with Gasteiger partial charge in [-0.15, -0.1) is 0 Å². The minimum absolute atomic E-state index is 0.103. The van der Waals surface area contributed by atoms with E-state index < -0.39 is 0 Å². The minimum atomic E-state index is -0.190. The van der Waals surface area contributed by atoms with Crippen LogP contribution < -0.4 is 4.90 Å². The fourth-order valence-electron chi connectivity index (χ4n) is 3.54. The van der Waals surface area contributed by atoms with E-state index in [0.29, 0.717) is 0 Å². The topological polar surface area (TPSA) is 33.2 Å². The van der Waals surface area contributed by atoms with Gasteiger partial charge in [-0.2, -0.15) is 0 Å². The average molecular weight is 316 g/mol. The first-order valence-corrected chi connectivity index (χ1v) is 8.25. The van der Waals surface area contributed by atoms with Crippen LogP contribution in [0.5, 0.6) is 0 Å². The molecule has 120 valence electrons. The van der Waals surface area contributed by atoms with Crippen molar-refractivity contribution in [1.82, 2.24) is 4.98 Å². The van der Waals surface area contributed by atoms with Crippen molar-refractivity contribution in [2.45, 2.75) is 26.7 Å². The molecule has 1 unspecified atom stereocenters. The number of amides is 1. The van der Waals surface area contributed by atoms with E-state index >= 15 is 0 Å². The van der Waals surface area contributed by atoms with Crippen LogP contribution in [-0.4, -0.2) is 10.9 Å². The molecule has 0 N–H and O–H groups in total. The second-order valence-electron chi connectivity index (χ2n) is 7.40. The summed E-state index contributed by atoms with van der Waals surface area (Å²) in [6.45, 7) is 6.34. The van der Waals surface area contributed by atoms with Gasteiger partial charge in [0.25, 0.3) is 0 Å². The van der Waals surface area contributed by atoms with Crippen LogP contribution in [0.1, 0.15) is 32.3 Å². The molecule has 0 saturated heterocycles. The molecule has 0 saturated carbocycles. The molecule has 3 nitrogen and oxygen atoms in total. The first-order chi connectivity index (χ1) is 11.5. The summed E-state index contributed by atoms with van der Waals surface area (Å²) in [6.07, 6.45) is 0. The summed E-state index contributed by atoms with van der Waals surface area (Å²) in [6, 6.07) is 20.0. The van der Waals surface area contributed by atoms with Crippen LogP contribution in [-0.2, 0) is 4.79 Å². The van der Waals surface area contributed by atoms with Crippen molar-refractivity contribution in [3.05, 3.63) is 66.2 Å². The van der Waals surface area contributed by atoms with Gasteiger partial charge in [0.2, 0.25) is 5.91 Å². The van der Waals surface area contributed by atoms with Gasteiger partial charge in [0.1, 0.15) is 5.82 Å². The number of benzene rings is 2. The number of nitrogens with zero attached hydrogens (tertiary/aromatic N) is 2. The third-order valence-electron chi connectivity index (χ3n) is 4.60. The Morgan fingerprint density at radius 1 is 0.958 bits per heavy atom. The van der Waals surface area contributed by atoms with Gasteiger partial charge in [-0.05, 0) is 29.7 Å². The van der Waals surface area contributed by atoms with Gasteiger partial charge < -0.3 is 0 Å². The van der Waals surface area contributed by atoms with Crippen molar-refractivity contribution in [3.63, 3.8) is 0 Å². The highest BCUT2D eigenvalue weighted by Gasteiger charge is 2.45. The molecule has 0 fully saturated rings. The Morgan fingerprint density at radius 2 is 1.62 bits per heavy atom. The SMILES string of the molecule is CC(C)(C)C1C(=O)N(c2ccccc2)c2nc3ccccc3cc21. The highest BCUT2D eigenvalue weighted by molar-refractivity contribution is 6.10. The number of aromatic nitrogens is 1. The number of rotatable bonds is 1. The molecular weight excluding hydrogens is 296 g/mol. The van der Waals surface area contributed by atoms with Crippen LogP contribution >= 0.6 is 0 Å². The van der Waals surface area contributed by atoms with E-state index in [9.17, 15) is 4.79 Å². The van der Waals surface area contributed by atoms with Gasteiger partial charge >= 0.3 is 0 Å². The Balaban J connectivity index is 2.00. The lowest BCUT2D eigenvalue weighted by atomic mass is 9.77. The molecule has 2 heterocycles. The predicted octanol–water partition coefficient (Wildman–Crippen LogP) is 5.04. The first-order valence-electron chi connectivity index (χ1n) is 8.25. The molecule has 1 amide bonds. The zero-order valence-corrected chi connectivity index (χ0v) is 14.2. The van der Waals surface area contributed by atoms with Crippen LogP contribution in [0, 0.1) is 5.41 Å². The molecule has 24 heavy (non-hydrogen) atoms. The van der Waals surface area contributed by atoms with Gasteiger partial charge in [-0.1, -0.05) is 57.2 Å². The fourth-order valence-corrected chi connectivity index (χ4v) is 3.54. The summed E-state index contributed by atoms with van der Waals surface area (Å²) >= 11 is 0. The molecule has 0 radical (unpaired) electrons. The second-order valence-corrected chi connectivity index (χ2v) is 7.40. The van der Waals surface area contributed by atoms with Crippen LogP contribution in [0.25, 0.3) is 10.9 Å². The van der Waals surface area contributed by atoms with E-state index in [1.165, 1.54) is 0 Å².